The standard InChI is InChI=1S/C20H34N2O4Si/c1-9-11-22-12-14(18(23)21-19(22)24)17-16(13(3)15(10-2)25-17)26-27(7,8)20(4,5)6/h9,12-13,15-17H,1,10-11H2,2-8H3,(H,21,23,24)/t13-,15+,16?,17-/m0/s1. The molecule has 2 heterocycles. The van der Waals surface area contributed by atoms with Crippen LogP contribution >= 0.6 is 0 Å². The fraction of sp³-hybridized carbons (Fsp3) is 0.700. The highest BCUT2D eigenvalue weighted by molar-refractivity contribution is 6.74. The zero-order valence-corrected chi connectivity index (χ0v) is 18.7. The lowest BCUT2D eigenvalue weighted by atomic mass is 9.95. The third kappa shape index (κ3) is 4.36. The molecule has 0 radical (unpaired) electrons. The predicted octanol–water partition coefficient (Wildman–Crippen LogP) is 3.60. The first-order valence-corrected chi connectivity index (χ1v) is 12.6. The first-order valence-electron chi connectivity index (χ1n) is 9.70. The van der Waals surface area contributed by atoms with Crippen LogP contribution in [0.1, 0.15) is 52.7 Å². The number of hydrogen-bond donors (Lipinski definition) is 1. The summed E-state index contributed by atoms with van der Waals surface area (Å²) in [5.74, 6) is 0.160. The highest BCUT2D eigenvalue weighted by Crippen LogP contribution is 2.45. The highest BCUT2D eigenvalue weighted by Gasteiger charge is 2.49. The molecule has 1 aromatic heterocycles. The lowest BCUT2D eigenvalue weighted by molar-refractivity contribution is 0.00955. The van der Waals surface area contributed by atoms with E-state index in [9.17, 15) is 9.59 Å². The number of hydrogen-bond acceptors (Lipinski definition) is 4. The fourth-order valence-electron chi connectivity index (χ4n) is 3.28. The molecular formula is C20H34N2O4Si. The van der Waals surface area contributed by atoms with Crippen LogP contribution in [0.25, 0.3) is 0 Å². The van der Waals surface area contributed by atoms with Gasteiger partial charge in [0.25, 0.3) is 5.56 Å². The summed E-state index contributed by atoms with van der Waals surface area (Å²) in [7, 11) is -2.06. The molecule has 2 rings (SSSR count). The Labute approximate surface area is 162 Å². The van der Waals surface area contributed by atoms with Crippen molar-refractivity contribution in [1.82, 2.24) is 9.55 Å². The third-order valence-corrected chi connectivity index (χ3v) is 10.5. The Morgan fingerprint density at radius 1 is 1.37 bits per heavy atom. The van der Waals surface area contributed by atoms with Crippen LogP contribution in [0.4, 0.5) is 0 Å². The smallest absolute Gasteiger partial charge is 0.328 e. The molecule has 1 aliphatic rings. The monoisotopic (exact) mass is 394 g/mol. The molecule has 1 aromatic rings. The van der Waals surface area contributed by atoms with E-state index in [0.29, 0.717) is 12.1 Å². The van der Waals surface area contributed by atoms with Crippen molar-refractivity contribution in [3.8, 4) is 0 Å². The maximum absolute atomic E-state index is 12.6. The minimum Gasteiger partial charge on any atom is -0.411 e. The van der Waals surface area contributed by atoms with Gasteiger partial charge in [0.05, 0.1) is 17.8 Å². The average Bonchev–Trinajstić information content (AvgIpc) is 2.85. The number of aromatic nitrogens is 2. The van der Waals surface area contributed by atoms with Gasteiger partial charge in [0.2, 0.25) is 0 Å². The summed E-state index contributed by atoms with van der Waals surface area (Å²) in [5.41, 5.74) is -0.398. The molecule has 1 saturated heterocycles. The second-order valence-electron chi connectivity index (χ2n) is 8.99. The first-order chi connectivity index (χ1) is 12.4. The molecule has 1 unspecified atom stereocenters. The van der Waals surface area contributed by atoms with Gasteiger partial charge in [-0.3, -0.25) is 14.3 Å². The third-order valence-electron chi connectivity index (χ3n) is 6.03. The number of H-pyrrole nitrogens is 1. The van der Waals surface area contributed by atoms with Crippen molar-refractivity contribution in [2.24, 2.45) is 5.92 Å². The number of nitrogens with one attached hydrogen (secondary N) is 1. The van der Waals surface area contributed by atoms with Crippen LogP contribution in [0.5, 0.6) is 0 Å². The van der Waals surface area contributed by atoms with E-state index >= 15 is 0 Å². The molecule has 152 valence electrons. The van der Waals surface area contributed by atoms with E-state index in [1.165, 1.54) is 4.57 Å². The van der Waals surface area contributed by atoms with Crippen molar-refractivity contribution in [2.75, 3.05) is 0 Å². The Balaban J connectivity index is 2.49. The molecule has 1 N–H and O–H groups in total. The summed E-state index contributed by atoms with van der Waals surface area (Å²) in [6, 6.07) is 0. The normalized spacial score (nSPS) is 26.3. The van der Waals surface area contributed by atoms with Gasteiger partial charge >= 0.3 is 5.69 Å². The summed E-state index contributed by atoms with van der Waals surface area (Å²) in [6.07, 6.45) is 3.38. The summed E-state index contributed by atoms with van der Waals surface area (Å²) in [6.45, 7) is 19.2. The number of aromatic amines is 1. The van der Waals surface area contributed by atoms with Gasteiger partial charge in [-0.15, -0.1) is 6.58 Å². The molecule has 7 heteroatoms. The van der Waals surface area contributed by atoms with E-state index < -0.39 is 25.7 Å². The maximum atomic E-state index is 12.6. The largest absolute Gasteiger partial charge is 0.411 e. The quantitative estimate of drug-likeness (QED) is 0.591. The van der Waals surface area contributed by atoms with Gasteiger partial charge in [-0.1, -0.05) is 40.7 Å². The van der Waals surface area contributed by atoms with Gasteiger partial charge in [0.15, 0.2) is 8.32 Å². The number of ether oxygens (including phenoxy) is 1. The second kappa shape index (κ2) is 7.89. The van der Waals surface area contributed by atoms with Crippen LogP contribution in [0.2, 0.25) is 18.1 Å². The molecular weight excluding hydrogens is 360 g/mol. The summed E-state index contributed by atoms with van der Waals surface area (Å²) in [4.78, 5) is 27.0. The van der Waals surface area contributed by atoms with Gasteiger partial charge in [-0.05, 0) is 24.6 Å². The molecule has 1 aliphatic heterocycles. The van der Waals surface area contributed by atoms with E-state index in [4.69, 9.17) is 9.16 Å². The Bertz CT molecular complexity index is 790. The SMILES string of the molecule is C=CCn1cc([C@@H]2O[C@H](CC)[C@H](C)C2O[Si](C)(C)C(C)(C)C)c(=O)[nH]c1=O. The van der Waals surface area contributed by atoms with Crippen molar-refractivity contribution in [1.29, 1.82) is 0 Å². The zero-order valence-electron chi connectivity index (χ0n) is 17.7. The highest BCUT2D eigenvalue weighted by atomic mass is 28.4. The summed E-state index contributed by atoms with van der Waals surface area (Å²) < 4.78 is 14.4. The molecule has 0 aliphatic carbocycles. The van der Waals surface area contributed by atoms with Crippen LogP contribution in [-0.4, -0.2) is 30.1 Å². The van der Waals surface area contributed by atoms with Crippen molar-refractivity contribution < 1.29 is 9.16 Å². The molecule has 6 nitrogen and oxygen atoms in total. The van der Waals surface area contributed by atoms with Crippen molar-refractivity contribution >= 4 is 8.32 Å². The van der Waals surface area contributed by atoms with Gasteiger partial charge in [-0.2, -0.15) is 0 Å². The van der Waals surface area contributed by atoms with Gasteiger partial charge in [-0.25, -0.2) is 4.79 Å². The Kier molecular flexibility index (Phi) is 6.39. The number of nitrogens with zero attached hydrogens (tertiary/aromatic N) is 1. The predicted molar refractivity (Wildman–Crippen MR) is 111 cm³/mol. The fourth-order valence-corrected chi connectivity index (χ4v) is 4.66. The first kappa shape index (κ1) is 21.9. The number of allylic oxidation sites excluding steroid dienone is 1. The maximum Gasteiger partial charge on any atom is 0.328 e. The Hall–Kier alpha value is -1.44. The molecule has 1 fully saturated rings. The molecule has 4 atom stereocenters. The lowest BCUT2D eigenvalue weighted by Crippen LogP contribution is -2.46. The molecule has 27 heavy (non-hydrogen) atoms. The van der Waals surface area contributed by atoms with E-state index in [2.05, 4.69) is 59.3 Å². The van der Waals surface area contributed by atoms with Crippen molar-refractivity contribution in [2.45, 2.75) is 84.0 Å². The van der Waals surface area contributed by atoms with Crippen LogP contribution in [0.15, 0.2) is 28.4 Å². The minimum atomic E-state index is -2.06. The number of rotatable bonds is 6. The molecule has 0 aromatic carbocycles. The van der Waals surface area contributed by atoms with E-state index in [1.54, 1.807) is 12.3 Å². The molecule has 0 spiro atoms. The Morgan fingerprint density at radius 2 is 2.00 bits per heavy atom. The minimum absolute atomic E-state index is 0.0175. The van der Waals surface area contributed by atoms with Crippen LogP contribution in [0, 0.1) is 5.92 Å². The zero-order chi connectivity index (χ0) is 20.6. The van der Waals surface area contributed by atoms with E-state index in [0.717, 1.165) is 6.42 Å². The van der Waals surface area contributed by atoms with Gasteiger partial charge in [0.1, 0.15) is 6.10 Å². The molecule has 0 bridgehead atoms. The van der Waals surface area contributed by atoms with Gasteiger partial charge < -0.3 is 9.16 Å². The second-order valence-corrected chi connectivity index (χ2v) is 13.7. The van der Waals surface area contributed by atoms with Crippen LogP contribution < -0.4 is 11.2 Å². The topological polar surface area (TPSA) is 73.3 Å². The van der Waals surface area contributed by atoms with E-state index in [-0.39, 0.29) is 23.2 Å². The lowest BCUT2D eigenvalue weighted by Gasteiger charge is -2.40. The van der Waals surface area contributed by atoms with Crippen LogP contribution in [-0.2, 0) is 15.7 Å². The summed E-state index contributed by atoms with van der Waals surface area (Å²) in [5, 5.41) is 0.0512. The summed E-state index contributed by atoms with van der Waals surface area (Å²) >= 11 is 0. The average molecular weight is 395 g/mol. The van der Waals surface area contributed by atoms with E-state index in [1.807, 2.05) is 0 Å². The van der Waals surface area contributed by atoms with Gasteiger partial charge in [0, 0.05) is 18.7 Å². The molecule has 0 saturated carbocycles. The Morgan fingerprint density at radius 3 is 2.52 bits per heavy atom. The van der Waals surface area contributed by atoms with Crippen molar-refractivity contribution in [3.05, 3.63) is 45.3 Å². The van der Waals surface area contributed by atoms with Crippen molar-refractivity contribution in [3.63, 3.8) is 0 Å². The molecule has 0 amide bonds. The van der Waals surface area contributed by atoms with Crippen LogP contribution in [0.3, 0.4) is 0 Å².